The highest BCUT2D eigenvalue weighted by Crippen LogP contribution is 2.29. The average Bonchev–Trinajstić information content (AvgIpc) is 2.81. The Morgan fingerprint density at radius 2 is 1.88 bits per heavy atom. The molecule has 0 aromatic rings. The molecule has 2 rings (SSSR count). The van der Waals surface area contributed by atoms with E-state index in [2.05, 4.69) is 24.1 Å². The fraction of sp³-hybridized carbons (Fsp3) is 1.00. The largest absolute Gasteiger partial charge is 0.377 e. The normalized spacial score (nSPS) is 35.5. The van der Waals surface area contributed by atoms with E-state index in [4.69, 9.17) is 4.74 Å². The van der Waals surface area contributed by atoms with Gasteiger partial charge >= 0.3 is 0 Å². The number of rotatable bonds is 4. The van der Waals surface area contributed by atoms with Gasteiger partial charge in [-0.05, 0) is 32.7 Å². The maximum Gasteiger partial charge on any atom is 0.0666 e. The Kier molecular flexibility index (Phi) is 6.16. The zero-order valence-electron chi connectivity index (χ0n) is 11.1. The smallest absolute Gasteiger partial charge is 0.0666 e. The third-order valence-corrected chi connectivity index (χ3v) is 5.65. The molecule has 2 nitrogen and oxygen atoms in total. The zero-order chi connectivity index (χ0) is 11.9. The van der Waals surface area contributed by atoms with Crippen LogP contribution in [-0.2, 0) is 4.74 Å². The highest BCUT2D eigenvalue weighted by atomic mass is 32.2. The molecule has 3 unspecified atom stereocenters. The first kappa shape index (κ1) is 13.7. The lowest BCUT2D eigenvalue weighted by Crippen LogP contribution is -2.37. The van der Waals surface area contributed by atoms with Gasteiger partial charge in [-0.15, -0.1) is 0 Å². The minimum Gasteiger partial charge on any atom is -0.377 e. The second-order valence-electron chi connectivity index (χ2n) is 5.39. The van der Waals surface area contributed by atoms with Crippen molar-refractivity contribution >= 4 is 11.8 Å². The molecule has 2 aliphatic rings. The Morgan fingerprint density at radius 3 is 2.59 bits per heavy atom. The summed E-state index contributed by atoms with van der Waals surface area (Å²) in [5.74, 6) is 1.21. The number of hydrogen-bond acceptors (Lipinski definition) is 3. The van der Waals surface area contributed by atoms with Crippen LogP contribution in [0.15, 0.2) is 0 Å². The van der Waals surface area contributed by atoms with Crippen molar-refractivity contribution in [2.45, 2.75) is 68.8 Å². The Bertz CT molecular complexity index is 206. The van der Waals surface area contributed by atoms with Crippen molar-refractivity contribution < 1.29 is 4.74 Å². The van der Waals surface area contributed by atoms with Gasteiger partial charge in [-0.2, -0.15) is 11.8 Å². The van der Waals surface area contributed by atoms with E-state index in [1.165, 1.54) is 57.1 Å². The number of nitrogens with one attached hydrogen (secondary N) is 1. The van der Waals surface area contributed by atoms with E-state index in [1.54, 1.807) is 0 Å². The lowest BCUT2D eigenvalue weighted by Gasteiger charge is -2.29. The van der Waals surface area contributed by atoms with Crippen molar-refractivity contribution in [2.24, 2.45) is 0 Å². The monoisotopic (exact) mass is 257 g/mol. The van der Waals surface area contributed by atoms with E-state index >= 15 is 0 Å². The summed E-state index contributed by atoms with van der Waals surface area (Å²) in [6.07, 6.45) is 11.5. The fourth-order valence-corrected chi connectivity index (χ4v) is 4.55. The standard InChI is InChI=1S/C14H27NOS/c1-15-13-8-4-2-3-5-9-14(13)17-11-12-7-6-10-16-12/h12-15H,2-11H2,1H3. The minimum absolute atomic E-state index is 0.544. The quantitative estimate of drug-likeness (QED) is 0.835. The van der Waals surface area contributed by atoms with Crippen molar-refractivity contribution in [3.05, 3.63) is 0 Å². The molecule has 0 aromatic heterocycles. The molecule has 3 atom stereocenters. The van der Waals surface area contributed by atoms with Gasteiger partial charge in [0.2, 0.25) is 0 Å². The molecule has 1 aliphatic carbocycles. The van der Waals surface area contributed by atoms with Crippen LogP contribution in [-0.4, -0.2) is 36.8 Å². The summed E-state index contributed by atoms with van der Waals surface area (Å²) in [5.41, 5.74) is 0. The first-order valence-electron chi connectivity index (χ1n) is 7.30. The van der Waals surface area contributed by atoms with Gasteiger partial charge in [0.05, 0.1) is 6.10 Å². The van der Waals surface area contributed by atoms with Gasteiger partial charge in [0, 0.05) is 23.7 Å². The van der Waals surface area contributed by atoms with E-state index in [0.29, 0.717) is 6.10 Å². The third kappa shape index (κ3) is 4.46. The molecule has 0 spiro atoms. The molecule has 17 heavy (non-hydrogen) atoms. The van der Waals surface area contributed by atoms with Gasteiger partial charge in [-0.1, -0.05) is 25.7 Å². The first-order valence-corrected chi connectivity index (χ1v) is 8.35. The van der Waals surface area contributed by atoms with Gasteiger partial charge in [0.1, 0.15) is 0 Å². The highest BCUT2D eigenvalue weighted by molar-refractivity contribution is 8.00. The van der Waals surface area contributed by atoms with Gasteiger partial charge in [-0.25, -0.2) is 0 Å². The molecule has 1 aliphatic heterocycles. The van der Waals surface area contributed by atoms with Crippen molar-refractivity contribution in [1.29, 1.82) is 0 Å². The lowest BCUT2D eigenvalue weighted by molar-refractivity contribution is 0.128. The molecule has 3 heteroatoms. The van der Waals surface area contributed by atoms with Gasteiger partial charge in [0.25, 0.3) is 0 Å². The second-order valence-corrected chi connectivity index (χ2v) is 6.67. The fourth-order valence-electron chi connectivity index (χ4n) is 2.99. The predicted molar refractivity (Wildman–Crippen MR) is 75.8 cm³/mol. The van der Waals surface area contributed by atoms with E-state index in [1.807, 2.05) is 0 Å². The molecule has 1 saturated heterocycles. The van der Waals surface area contributed by atoms with E-state index in [-0.39, 0.29) is 0 Å². The van der Waals surface area contributed by atoms with Crippen LogP contribution in [0.4, 0.5) is 0 Å². The molecular formula is C14H27NOS. The maximum atomic E-state index is 5.73. The number of thioether (sulfide) groups is 1. The Balaban J connectivity index is 1.76. The first-order chi connectivity index (χ1) is 8.40. The van der Waals surface area contributed by atoms with Gasteiger partial charge < -0.3 is 10.1 Å². The summed E-state index contributed by atoms with van der Waals surface area (Å²) >= 11 is 2.16. The van der Waals surface area contributed by atoms with Crippen molar-refractivity contribution in [1.82, 2.24) is 5.32 Å². The summed E-state index contributed by atoms with van der Waals surface area (Å²) in [6, 6.07) is 0.724. The predicted octanol–water partition coefficient (Wildman–Crippen LogP) is 3.21. The molecule has 1 heterocycles. The summed E-state index contributed by atoms with van der Waals surface area (Å²) < 4.78 is 5.73. The average molecular weight is 257 g/mol. The molecule has 100 valence electrons. The maximum absolute atomic E-state index is 5.73. The van der Waals surface area contributed by atoms with Crippen LogP contribution >= 0.6 is 11.8 Å². The highest BCUT2D eigenvalue weighted by Gasteiger charge is 2.24. The van der Waals surface area contributed by atoms with Crippen LogP contribution in [0.3, 0.4) is 0 Å². The SMILES string of the molecule is CNC1CCCCCCC1SCC1CCCO1. The Labute approximate surface area is 110 Å². The molecule has 1 saturated carbocycles. The van der Waals surface area contributed by atoms with E-state index < -0.39 is 0 Å². The Morgan fingerprint density at radius 1 is 1.06 bits per heavy atom. The van der Waals surface area contributed by atoms with Crippen LogP contribution in [0.5, 0.6) is 0 Å². The van der Waals surface area contributed by atoms with Gasteiger partial charge in [-0.3, -0.25) is 0 Å². The van der Waals surface area contributed by atoms with Crippen LogP contribution in [0, 0.1) is 0 Å². The van der Waals surface area contributed by atoms with Crippen molar-refractivity contribution in [3.8, 4) is 0 Å². The molecule has 1 N–H and O–H groups in total. The lowest BCUT2D eigenvalue weighted by atomic mass is 9.96. The zero-order valence-corrected chi connectivity index (χ0v) is 11.9. The third-order valence-electron chi connectivity index (χ3n) is 4.09. The minimum atomic E-state index is 0.544. The van der Waals surface area contributed by atoms with Crippen LogP contribution < -0.4 is 5.32 Å². The molecule has 2 fully saturated rings. The van der Waals surface area contributed by atoms with Crippen molar-refractivity contribution in [3.63, 3.8) is 0 Å². The van der Waals surface area contributed by atoms with Crippen LogP contribution in [0.2, 0.25) is 0 Å². The van der Waals surface area contributed by atoms with Crippen LogP contribution in [0.25, 0.3) is 0 Å². The topological polar surface area (TPSA) is 21.3 Å². The molecule has 0 aromatic carbocycles. The second kappa shape index (κ2) is 7.65. The summed E-state index contributed by atoms with van der Waals surface area (Å²) in [6.45, 7) is 0.991. The summed E-state index contributed by atoms with van der Waals surface area (Å²) in [5, 5.41) is 4.35. The van der Waals surface area contributed by atoms with E-state index in [0.717, 1.165) is 17.9 Å². The van der Waals surface area contributed by atoms with Crippen molar-refractivity contribution in [2.75, 3.05) is 19.4 Å². The molecule has 0 amide bonds. The van der Waals surface area contributed by atoms with Crippen LogP contribution in [0.1, 0.15) is 51.4 Å². The number of hydrogen-bond donors (Lipinski definition) is 1. The van der Waals surface area contributed by atoms with E-state index in [9.17, 15) is 0 Å². The Hall–Kier alpha value is 0.270. The summed E-state index contributed by atoms with van der Waals surface area (Å²) in [7, 11) is 2.13. The number of ether oxygens (including phenoxy) is 1. The molecule has 0 radical (unpaired) electrons. The summed E-state index contributed by atoms with van der Waals surface area (Å²) in [4.78, 5) is 0. The molecule has 0 bridgehead atoms. The molecular weight excluding hydrogens is 230 g/mol. The van der Waals surface area contributed by atoms with Gasteiger partial charge in [0.15, 0.2) is 0 Å².